The molecule has 1 aromatic rings. The van der Waals surface area contributed by atoms with Gasteiger partial charge in [0, 0.05) is 9.13 Å². The van der Waals surface area contributed by atoms with E-state index in [0.717, 1.165) is 9.13 Å². The highest BCUT2D eigenvalue weighted by molar-refractivity contribution is 14.1. The Balaban J connectivity index is 2.51. The van der Waals surface area contributed by atoms with Gasteiger partial charge in [-0.1, -0.05) is 18.2 Å². The van der Waals surface area contributed by atoms with E-state index < -0.39 is 17.2 Å². The second kappa shape index (κ2) is 4.42. The van der Waals surface area contributed by atoms with E-state index in [0.29, 0.717) is 0 Å². The fourth-order valence-electron chi connectivity index (χ4n) is 2.22. The van der Waals surface area contributed by atoms with E-state index in [1.54, 1.807) is 0 Å². The summed E-state index contributed by atoms with van der Waals surface area (Å²) in [5, 5.41) is 23.3. The maximum atomic E-state index is 10.4. The summed E-state index contributed by atoms with van der Waals surface area (Å²) in [4.78, 5) is 0. The third-order valence-electron chi connectivity index (χ3n) is 4.29. The van der Waals surface area contributed by atoms with Crippen molar-refractivity contribution in [1.82, 2.24) is 10.1 Å². The third kappa shape index (κ3) is 1.80. The molecule has 0 aromatic heterocycles. The van der Waals surface area contributed by atoms with Crippen molar-refractivity contribution in [2.24, 2.45) is 0 Å². The number of benzene rings is 1. The maximum Gasteiger partial charge on any atom is 0.137 e. The minimum atomic E-state index is -0.550. The van der Waals surface area contributed by atoms with Gasteiger partial charge in [-0.25, -0.2) is 0 Å². The van der Waals surface area contributed by atoms with Crippen LogP contribution in [0, 0.1) is 3.57 Å². The molecule has 2 N–H and O–H groups in total. The highest BCUT2D eigenvalue weighted by atomic mass is 127. The Labute approximate surface area is 121 Å². The first-order valence-corrected chi connectivity index (χ1v) is 7.00. The smallest absolute Gasteiger partial charge is 0.137 e. The summed E-state index contributed by atoms with van der Waals surface area (Å²) < 4.78 is 1.02. The van der Waals surface area contributed by atoms with Crippen molar-refractivity contribution in [3.8, 4) is 0 Å². The second-order valence-corrected chi connectivity index (χ2v) is 6.86. The summed E-state index contributed by atoms with van der Waals surface area (Å²) in [5.74, 6) is 0. The van der Waals surface area contributed by atoms with Crippen molar-refractivity contribution >= 4 is 22.6 Å². The molecule has 0 spiro atoms. The molecule has 1 saturated heterocycles. The van der Waals surface area contributed by atoms with Gasteiger partial charge in [0.1, 0.15) is 6.17 Å². The number of hydrogen-bond donors (Lipinski definition) is 2. The first-order chi connectivity index (χ1) is 8.21. The van der Waals surface area contributed by atoms with Gasteiger partial charge in [-0.05, 0) is 56.4 Å². The van der Waals surface area contributed by atoms with Crippen molar-refractivity contribution in [1.29, 1.82) is 0 Å². The predicted molar refractivity (Wildman–Crippen MR) is 77.3 cm³/mol. The molecular formula is C13H19IN2O2. The van der Waals surface area contributed by atoms with Crippen molar-refractivity contribution in [3.05, 3.63) is 33.4 Å². The van der Waals surface area contributed by atoms with Gasteiger partial charge in [-0.3, -0.25) is 0 Å². The quantitative estimate of drug-likeness (QED) is 0.753. The molecule has 0 amide bonds. The average Bonchev–Trinajstić information content (AvgIpc) is 2.40. The molecule has 0 saturated carbocycles. The van der Waals surface area contributed by atoms with Crippen LogP contribution < -0.4 is 0 Å². The summed E-state index contributed by atoms with van der Waals surface area (Å²) in [6.07, 6.45) is -0.539. The van der Waals surface area contributed by atoms with Crippen LogP contribution in [0.3, 0.4) is 0 Å². The fourth-order valence-corrected chi connectivity index (χ4v) is 2.89. The van der Waals surface area contributed by atoms with Gasteiger partial charge in [0.05, 0.1) is 11.1 Å². The molecule has 5 heteroatoms. The molecule has 0 bridgehead atoms. The molecule has 0 atom stereocenters. The minimum absolute atomic E-state index is 0.539. The topological polar surface area (TPSA) is 46.9 Å². The molecule has 1 aromatic carbocycles. The molecule has 18 heavy (non-hydrogen) atoms. The lowest BCUT2D eigenvalue weighted by Crippen LogP contribution is -2.52. The molecule has 100 valence electrons. The molecule has 0 aliphatic carbocycles. The minimum Gasteiger partial charge on any atom is -0.311 e. The molecule has 4 nitrogen and oxygen atoms in total. The molecule has 1 aliphatic rings. The largest absolute Gasteiger partial charge is 0.311 e. The zero-order valence-corrected chi connectivity index (χ0v) is 13.2. The van der Waals surface area contributed by atoms with E-state index in [9.17, 15) is 10.4 Å². The normalized spacial score (nSPS) is 24.6. The first kappa shape index (κ1) is 14.2. The monoisotopic (exact) mass is 362 g/mol. The maximum absolute atomic E-state index is 10.4. The van der Waals surface area contributed by atoms with Crippen LogP contribution in [0.15, 0.2) is 24.3 Å². The van der Waals surface area contributed by atoms with Crippen LogP contribution in [0.4, 0.5) is 0 Å². The van der Waals surface area contributed by atoms with Crippen LogP contribution in [0.5, 0.6) is 0 Å². The Hall–Kier alpha value is -0.210. The van der Waals surface area contributed by atoms with E-state index >= 15 is 0 Å². The number of hydroxylamine groups is 4. The van der Waals surface area contributed by atoms with E-state index in [1.807, 2.05) is 52.0 Å². The first-order valence-electron chi connectivity index (χ1n) is 5.92. The van der Waals surface area contributed by atoms with Crippen LogP contribution in [0.1, 0.15) is 39.4 Å². The van der Waals surface area contributed by atoms with Crippen LogP contribution in [0.2, 0.25) is 0 Å². The van der Waals surface area contributed by atoms with E-state index in [-0.39, 0.29) is 0 Å². The molecular weight excluding hydrogens is 343 g/mol. The Morgan fingerprint density at radius 3 is 1.89 bits per heavy atom. The van der Waals surface area contributed by atoms with Crippen molar-refractivity contribution in [2.75, 3.05) is 0 Å². The standard InChI is InChI=1S/C13H19IN2O2/c1-12(2)13(3,4)16(18)11(15(12)17)9-7-5-6-8-10(9)14/h5-8,11,17-18H,1-4H3. The van der Waals surface area contributed by atoms with Gasteiger partial charge in [-0.15, -0.1) is 0 Å². The van der Waals surface area contributed by atoms with Gasteiger partial charge in [0.2, 0.25) is 0 Å². The fraction of sp³-hybridized carbons (Fsp3) is 0.538. The predicted octanol–water partition coefficient (Wildman–Crippen LogP) is 3.24. The lowest BCUT2D eigenvalue weighted by Gasteiger charge is -2.37. The third-order valence-corrected chi connectivity index (χ3v) is 5.27. The van der Waals surface area contributed by atoms with Crippen molar-refractivity contribution in [2.45, 2.75) is 44.9 Å². The number of halogens is 1. The second-order valence-electron chi connectivity index (χ2n) is 5.70. The Morgan fingerprint density at radius 1 is 1.00 bits per heavy atom. The Morgan fingerprint density at radius 2 is 1.44 bits per heavy atom. The highest BCUT2D eigenvalue weighted by Crippen LogP contribution is 2.47. The zero-order valence-electron chi connectivity index (χ0n) is 11.1. The molecule has 1 aliphatic heterocycles. The van der Waals surface area contributed by atoms with Crippen molar-refractivity contribution < 1.29 is 10.4 Å². The number of hydrogen-bond acceptors (Lipinski definition) is 4. The van der Waals surface area contributed by atoms with Gasteiger partial charge in [0.25, 0.3) is 0 Å². The summed E-state index contributed by atoms with van der Waals surface area (Å²) in [5.41, 5.74) is -0.196. The van der Waals surface area contributed by atoms with Gasteiger partial charge in [-0.2, -0.15) is 10.1 Å². The number of nitrogens with zero attached hydrogens (tertiary/aromatic N) is 2. The highest BCUT2D eigenvalue weighted by Gasteiger charge is 2.58. The molecule has 2 rings (SSSR count). The van der Waals surface area contributed by atoms with Gasteiger partial charge >= 0.3 is 0 Å². The van der Waals surface area contributed by atoms with Gasteiger partial charge in [0.15, 0.2) is 0 Å². The van der Waals surface area contributed by atoms with Crippen LogP contribution in [-0.2, 0) is 0 Å². The van der Waals surface area contributed by atoms with Crippen LogP contribution in [-0.4, -0.2) is 31.6 Å². The zero-order chi connectivity index (χ0) is 13.7. The molecule has 1 heterocycles. The molecule has 1 fully saturated rings. The Kier molecular flexibility index (Phi) is 3.48. The lowest BCUT2D eigenvalue weighted by molar-refractivity contribution is -0.223. The summed E-state index contributed by atoms with van der Waals surface area (Å²) in [6.45, 7) is 7.69. The van der Waals surface area contributed by atoms with E-state index in [4.69, 9.17) is 0 Å². The van der Waals surface area contributed by atoms with Crippen LogP contribution in [0.25, 0.3) is 0 Å². The average molecular weight is 362 g/mol. The van der Waals surface area contributed by atoms with E-state index in [1.165, 1.54) is 10.1 Å². The van der Waals surface area contributed by atoms with Gasteiger partial charge < -0.3 is 10.4 Å². The van der Waals surface area contributed by atoms with Crippen molar-refractivity contribution in [3.63, 3.8) is 0 Å². The summed E-state index contributed by atoms with van der Waals surface area (Å²) in [7, 11) is 0. The van der Waals surface area contributed by atoms with E-state index in [2.05, 4.69) is 22.6 Å². The lowest BCUT2D eigenvalue weighted by atomic mass is 9.84. The Bertz CT molecular complexity index is 442. The number of rotatable bonds is 1. The molecule has 0 unspecified atom stereocenters. The summed E-state index contributed by atoms with van der Waals surface area (Å²) in [6, 6.07) is 7.75. The summed E-state index contributed by atoms with van der Waals surface area (Å²) >= 11 is 2.22. The van der Waals surface area contributed by atoms with Crippen LogP contribution >= 0.6 is 22.6 Å². The SMILES string of the molecule is CC1(C)N(O)C(c2ccccc2I)N(O)C1(C)C. The molecule has 0 radical (unpaired) electrons.